The van der Waals surface area contributed by atoms with E-state index in [-0.39, 0.29) is 6.61 Å². The van der Waals surface area contributed by atoms with Crippen LogP contribution in [0.4, 0.5) is 0 Å². The summed E-state index contributed by atoms with van der Waals surface area (Å²) in [5.74, 6) is 0. The van der Waals surface area contributed by atoms with Gasteiger partial charge in [-0.1, -0.05) is 0 Å². The van der Waals surface area contributed by atoms with Gasteiger partial charge in [0.15, 0.2) is 0 Å². The van der Waals surface area contributed by atoms with Gasteiger partial charge in [0.05, 0.1) is 0 Å². The summed E-state index contributed by atoms with van der Waals surface area (Å²) >= 11 is 0. The molecule has 2 heterocycles. The van der Waals surface area contributed by atoms with Crippen LogP contribution in [-0.4, -0.2) is 27.3 Å². The second-order valence-corrected chi connectivity index (χ2v) is 5.76. The molecular weight excluding hydrogens is 250 g/mol. The van der Waals surface area contributed by atoms with Crippen LogP contribution in [0, 0.1) is 6.92 Å². The molecule has 0 unspecified atom stereocenters. The minimum Gasteiger partial charge on any atom is -0.396 e. The van der Waals surface area contributed by atoms with E-state index >= 15 is 0 Å². The first-order valence-electron chi connectivity index (χ1n) is 7.57. The lowest BCUT2D eigenvalue weighted by Crippen LogP contribution is -2.14. The fourth-order valence-electron chi connectivity index (χ4n) is 2.58. The molecular formula is C16H23N3O. The van der Waals surface area contributed by atoms with E-state index in [2.05, 4.69) is 28.2 Å². The first-order valence-corrected chi connectivity index (χ1v) is 7.57. The van der Waals surface area contributed by atoms with Gasteiger partial charge >= 0.3 is 0 Å². The fourth-order valence-corrected chi connectivity index (χ4v) is 2.58. The van der Waals surface area contributed by atoms with Crippen LogP contribution in [-0.2, 0) is 13.1 Å². The van der Waals surface area contributed by atoms with E-state index in [0.29, 0.717) is 0 Å². The number of nitrogens with one attached hydrogen (secondary N) is 1. The maximum Gasteiger partial charge on any atom is 0.140 e. The van der Waals surface area contributed by atoms with E-state index in [4.69, 9.17) is 10.1 Å². The van der Waals surface area contributed by atoms with Gasteiger partial charge in [0.2, 0.25) is 0 Å². The number of fused-ring (bicyclic) bond motifs is 1. The zero-order valence-electron chi connectivity index (χ0n) is 12.1. The van der Waals surface area contributed by atoms with Crippen LogP contribution in [0.1, 0.15) is 36.9 Å². The molecule has 0 aromatic carbocycles. The number of unbranched alkanes of at least 4 members (excludes halogenated alkanes) is 1. The van der Waals surface area contributed by atoms with Crippen LogP contribution in [0.5, 0.6) is 0 Å². The molecule has 0 saturated heterocycles. The Hall–Kier alpha value is -1.39. The van der Waals surface area contributed by atoms with Crippen LogP contribution >= 0.6 is 0 Å². The number of aromatic nitrogens is 2. The number of aryl methyl sites for hydroxylation is 2. The molecule has 3 rings (SSSR count). The third kappa shape index (κ3) is 3.02. The summed E-state index contributed by atoms with van der Waals surface area (Å²) in [6.07, 6.45) is 6.69. The normalized spacial score (nSPS) is 15.1. The van der Waals surface area contributed by atoms with E-state index in [0.717, 1.165) is 43.3 Å². The highest BCUT2D eigenvalue weighted by molar-refractivity contribution is 5.80. The Bertz CT molecular complexity index is 587. The molecule has 2 aromatic rings. The zero-order valence-corrected chi connectivity index (χ0v) is 12.1. The van der Waals surface area contributed by atoms with Crippen LogP contribution in [0.15, 0.2) is 18.3 Å². The summed E-state index contributed by atoms with van der Waals surface area (Å²) in [4.78, 5) is 4.69. The minimum atomic E-state index is 0.266. The molecule has 1 saturated carbocycles. The Kier molecular flexibility index (Phi) is 4.03. The molecule has 1 aliphatic carbocycles. The van der Waals surface area contributed by atoms with E-state index < -0.39 is 0 Å². The second-order valence-electron chi connectivity index (χ2n) is 5.76. The topological polar surface area (TPSA) is 50.1 Å². The monoisotopic (exact) mass is 273 g/mol. The first-order chi connectivity index (χ1) is 9.78. The molecule has 1 fully saturated rings. The lowest BCUT2D eigenvalue weighted by molar-refractivity contribution is 0.281. The van der Waals surface area contributed by atoms with E-state index in [1.165, 1.54) is 23.8 Å². The molecule has 0 amide bonds. The highest BCUT2D eigenvalue weighted by atomic mass is 16.2. The molecule has 108 valence electrons. The molecule has 4 nitrogen and oxygen atoms in total. The fraction of sp³-hybridized carbons (Fsp3) is 0.562. The Morgan fingerprint density at radius 3 is 2.95 bits per heavy atom. The van der Waals surface area contributed by atoms with Gasteiger partial charge in [0.25, 0.3) is 0 Å². The number of nitrogens with zero attached hydrogens (tertiary/aromatic N) is 2. The number of hydrogen-bond acceptors (Lipinski definition) is 3. The van der Waals surface area contributed by atoms with Crippen molar-refractivity contribution in [1.82, 2.24) is 14.9 Å². The standard InChI is InChI=1S/C16H23N3O/c1-12-4-7-15-13(10-17-14-5-6-14)11-19(16(15)18-12)8-2-3-9-20/h4,7,11,14,17,20H,2-3,5-6,8-10H2,1H3. The molecule has 0 radical (unpaired) electrons. The van der Waals surface area contributed by atoms with Gasteiger partial charge in [-0.3, -0.25) is 0 Å². The Balaban J connectivity index is 1.84. The molecule has 0 spiro atoms. The van der Waals surface area contributed by atoms with Crippen molar-refractivity contribution < 1.29 is 5.11 Å². The van der Waals surface area contributed by atoms with Crippen LogP contribution in [0.25, 0.3) is 11.0 Å². The summed E-state index contributed by atoms with van der Waals surface area (Å²) < 4.78 is 2.24. The molecule has 0 aliphatic heterocycles. The van der Waals surface area contributed by atoms with Gasteiger partial charge in [-0.05, 0) is 50.3 Å². The zero-order chi connectivity index (χ0) is 13.9. The van der Waals surface area contributed by atoms with Crippen molar-refractivity contribution in [2.24, 2.45) is 0 Å². The molecule has 2 aromatic heterocycles. The molecule has 4 heteroatoms. The highest BCUT2D eigenvalue weighted by Crippen LogP contribution is 2.24. The van der Waals surface area contributed by atoms with Gasteiger partial charge in [-0.25, -0.2) is 4.98 Å². The maximum absolute atomic E-state index is 8.92. The average Bonchev–Trinajstić information content (AvgIpc) is 3.21. The number of hydrogen-bond donors (Lipinski definition) is 2. The van der Waals surface area contributed by atoms with Crippen LogP contribution < -0.4 is 5.32 Å². The Labute approximate surface area is 119 Å². The summed E-state index contributed by atoms with van der Waals surface area (Å²) in [6, 6.07) is 4.99. The lowest BCUT2D eigenvalue weighted by Gasteiger charge is -2.03. The predicted octanol–water partition coefficient (Wildman–Crippen LogP) is 2.37. The molecule has 1 aliphatic rings. The summed E-state index contributed by atoms with van der Waals surface area (Å²) in [7, 11) is 0. The SMILES string of the molecule is Cc1ccc2c(CNC3CC3)cn(CCCCO)c2n1. The van der Waals surface area contributed by atoms with E-state index in [9.17, 15) is 0 Å². The van der Waals surface area contributed by atoms with Crippen LogP contribution in [0.3, 0.4) is 0 Å². The molecule has 0 atom stereocenters. The van der Waals surface area contributed by atoms with Crippen molar-refractivity contribution in [2.45, 2.75) is 51.7 Å². The maximum atomic E-state index is 8.92. The minimum absolute atomic E-state index is 0.266. The summed E-state index contributed by atoms with van der Waals surface area (Å²) in [5, 5.41) is 13.8. The smallest absolute Gasteiger partial charge is 0.140 e. The quantitative estimate of drug-likeness (QED) is 0.761. The third-order valence-electron chi connectivity index (χ3n) is 3.91. The van der Waals surface area contributed by atoms with Crippen molar-refractivity contribution in [3.8, 4) is 0 Å². The number of rotatable bonds is 7. The summed E-state index contributed by atoms with van der Waals surface area (Å²) in [5.41, 5.74) is 3.47. The van der Waals surface area contributed by atoms with Crippen molar-refractivity contribution in [3.63, 3.8) is 0 Å². The van der Waals surface area contributed by atoms with Crippen molar-refractivity contribution in [3.05, 3.63) is 29.6 Å². The summed E-state index contributed by atoms with van der Waals surface area (Å²) in [6.45, 7) is 4.16. The first kappa shape index (κ1) is 13.6. The van der Waals surface area contributed by atoms with E-state index in [1.54, 1.807) is 0 Å². The van der Waals surface area contributed by atoms with Crippen molar-refractivity contribution in [2.75, 3.05) is 6.61 Å². The van der Waals surface area contributed by atoms with E-state index in [1.807, 2.05) is 6.92 Å². The third-order valence-corrected chi connectivity index (χ3v) is 3.91. The van der Waals surface area contributed by atoms with Crippen molar-refractivity contribution >= 4 is 11.0 Å². The second kappa shape index (κ2) is 5.94. The number of aliphatic hydroxyl groups is 1. The van der Waals surface area contributed by atoms with Crippen molar-refractivity contribution in [1.29, 1.82) is 0 Å². The number of aliphatic hydroxyl groups excluding tert-OH is 1. The van der Waals surface area contributed by atoms with Gasteiger partial charge < -0.3 is 15.0 Å². The molecule has 20 heavy (non-hydrogen) atoms. The number of pyridine rings is 1. The van der Waals surface area contributed by atoms with Crippen LogP contribution in [0.2, 0.25) is 0 Å². The molecule has 0 bridgehead atoms. The molecule has 2 N–H and O–H groups in total. The largest absolute Gasteiger partial charge is 0.396 e. The van der Waals surface area contributed by atoms with Gasteiger partial charge in [-0.2, -0.15) is 0 Å². The lowest BCUT2D eigenvalue weighted by atomic mass is 10.2. The van der Waals surface area contributed by atoms with Gasteiger partial charge in [0, 0.05) is 43.0 Å². The Morgan fingerprint density at radius 1 is 1.35 bits per heavy atom. The van der Waals surface area contributed by atoms with Gasteiger partial charge in [-0.15, -0.1) is 0 Å². The Morgan fingerprint density at radius 2 is 2.20 bits per heavy atom. The predicted molar refractivity (Wildman–Crippen MR) is 80.7 cm³/mol. The average molecular weight is 273 g/mol. The highest BCUT2D eigenvalue weighted by Gasteiger charge is 2.21. The van der Waals surface area contributed by atoms with Gasteiger partial charge in [0.1, 0.15) is 5.65 Å².